The van der Waals surface area contributed by atoms with Crippen LogP contribution in [0.1, 0.15) is 41.9 Å². The molecule has 1 saturated heterocycles. The van der Waals surface area contributed by atoms with Crippen molar-refractivity contribution in [1.29, 1.82) is 0 Å². The van der Waals surface area contributed by atoms with E-state index in [1.807, 2.05) is 24.3 Å². The van der Waals surface area contributed by atoms with Gasteiger partial charge in [-0.25, -0.2) is 4.68 Å². The van der Waals surface area contributed by atoms with Gasteiger partial charge in [0.15, 0.2) is 0 Å². The molecule has 158 valence electrons. The van der Waals surface area contributed by atoms with Crippen LogP contribution < -0.4 is 5.32 Å². The lowest BCUT2D eigenvalue weighted by atomic mass is 9.95. The lowest BCUT2D eigenvalue weighted by Gasteiger charge is -2.43. The number of rotatable bonds is 7. The van der Waals surface area contributed by atoms with Crippen LogP contribution in [-0.4, -0.2) is 59.0 Å². The Morgan fingerprint density at radius 1 is 1.28 bits per heavy atom. The second kappa shape index (κ2) is 9.47. The number of amides is 1. The maximum Gasteiger partial charge on any atom is 0.256 e. The highest BCUT2D eigenvalue weighted by Gasteiger charge is 2.32. The van der Waals surface area contributed by atoms with E-state index in [9.17, 15) is 4.79 Å². The first kappa shape index (κ1) is 22.1. The van der Waals surface area contributed by atoms with Crippen LogP contribution in [0.3, 0.4) is 0 Å². The fourth-order valence-corrected chi connectivity index (χ4v) is 4.14. The van der Waals surface area contributed by atoms with E-state index >= 15 is 0 Å². The van der Waals surface area contributed by atoms with Gasteiger partial charge in [-0.05, 0) is 31.9 Å². The van der Waals surface area contributed by atoms with Gasteiger partial charge in [-0.2, -0.15) is 5.10 Å². The Morgan fingerprint density at radius 2 is 1.97 bits per heavy atom. The fourth-order valence-electron chi connectivity index (χ4n) is 3.63. The van der Waals surface area contributed by atoms with Gasteiger partial charge in [0.1, 0.15) is 5.15 Å². The molecule has 8 heteroatoms. The first-order valence-electron chi connectivity index (χ1n) is 9.93. The number of morpholine rings is 1. The summed E-state index contributed by atoms with van der Waals surface area (Å²) < 4.78 is 7.08. The van der Waals surface area contributed by atoms with E-state index < -0.39 is 0 Å². The number of aryl methyl sites for hydroxylation is 1. The molecule has 1 aromatic heterocycles. The average molecular weight is 439 g/mol. The first-order valence-corrected chi connectivity index (χ1v) is 10.7. The van der Waals surface area contributed by atoms with Crippen molar-refractivity contribution in [1.82, 2.24) is 20.0 Å². The smallest absolute Gasteiger partial charge is 0.256 e. The highest BCUT2D eigenvalue weighted by atomic mass is 35.5. The maximum absolute atomic E-state index is 12.9. The van der Waals surface area contributed by atoms with E-state index in [2.05, 4.69) is 29.2 Å². The second-order valence-corrected chi connectivity index (χ2v) is 8.40. The van der Waals surface area contributed by atoms with E-state index in [-0.39, 0.29) is 11.4 Å². The van der Waals surface area contributed by atoms with E-state index in [1.54, 1.807) is 11.6 Å². The van der Waals surface area contributed by atoms with Crippen molar-refractivity contribution < 1.29 is 9.53 Å². The second-order valence-electron chi connectivity index (χ2n) is 7.63. The Bertz CT molecular complexity index is 864. The number of ether oxygens (including phenoxy) is 1. The monoisotopic (exact) mass is 438 g/mol. The van der Waals surface area contributed by atoms with Crippen LogP contribution in [-0.2, 0) is 11.3 Å². The van der Waals surface area contributed by atoms with Gasteiger partial charge in [0, 0.05) is 30.2 Å². The van der Waals surface area contributed by atoms with E-state index in [0.717, 1.165) is 38.3 Å². The van der Waals surface area contributed by atoms with Gasteiger partial charge in [-0.3, -0.25) is 9.69 Å². The van der Waals surface area contributed by atoms with Crippen molar-refractivity contribution >= 4 is 29.1 Å². The molecule has 1 fully saturated rings. The number of aromatic nitrogens is 2. The third-order valence-corrected chi connectivity index (χ3v) is 6.49. The number of hydrogen-bond donors (Lipinski definition) is 1. The molecule has 29 heavy (non-hydrogen) atoms. The number of benzene rings is 1. The molecule has 2 aromatic rings. The molecule has 3 rings (SSSR count). The fraction of sp³-hybridized carbons (Fsp3) is 0.524. The quantitative estimate of drug-likeness (QED) is 0.714. The van der Waals surface area contributed by atoms with E-state index in [1.165, 1.54) is 0 Å². The summed E-state index contributed by atoms with van der Waals surface area (Å²) in [5, 5.41) is 8.50. The molecular weight excluding hydrogens is 411 g/mol. The predicted octanol–water partition coefficient (Wildman–Crippen LogP) is 3.78. The molecule has 6 nitrogen and oxygen atoms in total. The van der Waals surface area contributed by atoms with Crippen molar-refractivity contribution in [2.45, 2.75) is 39.3 Å². The highest BCUT2D eigenvalue weighted by molar-refractivity contribution is 6.33. The van der Waals surface area contributed by atoms with Crippen molar-refractivity contribution in [3.05, 3.63) is 51.3 Å². The molecule has 1 aliphatic rings. The Morgan fingerprint density at radius 3 is 2.62 bits per heavy atom. The number of halogens is 2. The Balaban J connectivity index is 1.72. The average Bonchev–Trinajstić information content (AvgIpc) is 3.01. The van der Waals surface area contributed by atoms with Gasteiger partial charge in [-0.15, -0.1) is 0 Å². The summed E-state index contributed by atoms with van der Waals surface area (Å²) in [7, 11) is 0. The SMILES string of the molecule is CC[C@](C)(CNC(=O)c1c(C)nn(Cc2ccccc2Cl)c1Cl)N1CCOCC1. The number of hydrogen-bond acceptors (Lipinski definition) is 4. The summed E-state index contributed by atoms with van der Waals surface area (Å²) >= 11 is 12.8. The molecule has 0 aliphatic carbocycles. The molecule has 0 radical (unpaired) electrons. The third kappa shape index (κ3) is 4.94. The van der Waals surface area contributed by atoms with Crippen LogP contribution >= 0.6 is 23.2 Å². The van der Waals surface area contributed by atoms with Crippen LogP contribution in [0.4, 0.5) is 0 Å². The molecule has 1 aliphatic heterocycles. The minimum atomic E-state index is -0.203. The van der Waals surface area contributed by atoms with Gasteiger partial charge in [0.2, 0.25) is 0 Å². The van der Waals surface area contributed by atoms with Crippen LogP contribution in [0.5, 0.6) is 0 Å². The minimum absolute atomic E-state index is 0.132. The summed E-state index contributed by atoms with van der Waals surface area (Å²) in [6.07, 6.45) is 0.922. The van der Waals surface area contributed by atoms with Crippen molar-refractivity contribution in [3.63, 3.8) is 0 Å². The molecular formula is C21H28Cl2N4O2. The van der Waals surface area contributed by atoms with Crippen LogP contribution in [0, 0.1) is 6.92 Å². The molecule has 1 amide bonds. The molecule has 1 N–H and O–H groups in total. The largest absolute Gasteiger partial charge is 0.379 e. The van der Waals surface area contributed by atoms with Gasteiger partial charge >= 0.3 is 0 Å². The van der Waals surface area contributed by atoms with Crippen LogP contribution in [0.15, 0.2) is 24.3 Å². The summed E-state index contributed by atoms with van der Waals surface area (Å²) in [6.45, 7) is 10.2. The molecule has 0 saturated carbocycles. The predicted molar refractivity (Wildman–Crippen MR) is 116 cm³/mol. The van der Waals surface area contributed by atoms with Crippen molar-refractivity contribution in [2.75, 3.05) is 32.8 Å². The summed E-state index contributed by atoms with van der Waals surface area (Å²) in [5.74, 6) is -0.203. The van der Waals surface area contributed by atoms with Crippen LogP contribution in [0.25, 0.3) is 0 Å². The highest BCUT2D eigenvalue weighted by Crippen LogP contribution is 2.24. The van der Waals surface area contributed by atoms with Crippen LogP contribution in [0.2, 0.25) is 10.2 Å². The lowest BCUT2D eigenvalue weighted by Crippen LogP contribution is -2.56. The summed E-state index contributed by atoms with van der Waals surface area (Å²) in [5.41, 5.74) is 1.78. The van der Waals surface area contributed by atoms with E-state index in [4.69, 9.17) is 27.9 Å². The zero-order valence-electron chi connectivity index (χ0n) is 17.2. The Kier molecular flexibility index (Phi) is 7.22. The summed E-state index contributed by atoms with van der Waals surface area (Å²) in [6, 6.07) is 7.53. The zero-order valence-corrected chi connectivity index (χ0v) is 18.7. The van der Waals surface area contributed by atoms with Gasteiger partial charge in [0.05, 0.1) is 31.0 Å². The third-order valence-electron chi connectivity index (χ3n) is 5.74. The molecule has 1 aromatic carbocycles. The minimum Gasteiger partial charge on any atom is -0.379 e. The molecule has 0 unspecified atom stereocenters. The topological polar surface area (TPSA) is 59.4 Å². The normalized spacial score (nSPS) is 17.1. The van der Waals surface area contributed by atoms with Crippen molar-refractivity contribution in [3.8, 4) is 0 Å². The molecule has 1 atom stereocenters. The number of carbonyl (C=O) groups excluding carboxylic acids is 1. The zero-order chi connectivity index (χ0) is 21.0. The number of nitrogens with one attached hydrogen (secondary N) is 1. The van der Waals surface area contributed by atoms with Gasteiger partial charge < -0.3 is 10.1 Å². The lowest BCUT2D eigenvalue weighted by molar-refractivity contribution is -0.0169. The van der Waals surface area contributed by atoms with Crippen molar-refractivity contribution in [2.24, 2.45) is 0 Å². The van der Waals surface area contributed by atoms with Gasteiger partial charge in [-0.1, -0.05) is 48.3 Å². The number of nitrogens with zero attached hydrogens (tertiary/aromatic N) is 3. The first-order chi connectivity index (χ1) is 13.9. The number of carbonyl (C=O) groups is 1. The Labute approximate surface area is 182 Å². The molecule has 2 heterocycles. The molecule has 0 bridgehead atoms. The summed E-state index contributed by atoms with van der Waals surface area (Å²) in [4.78, 5) is 15.3. The van der Waals surface area contributed by atoms with E-state index in [0.29, 0.717) is 34.5 Å². The maximum atomic E-state index is 12.9. The van der Waals surface area contributed by atoms with Gasteiger partial charge in [0.25, 0.3) is 5.91 Å². The Hall–Kier alpha value is -1.60. The standard InChI is InChI=1S/C21H28Cl2N4O2/c1-4-21(3,26-9-11-29-12-10-26)14-24-20(28)18-15(2)25-27(19(18)23)13-16-7-5-6-8-17(16)22/h5-8H,4,9-14H2,1-3H3,(H,24,28)/t21-/m1/s1. The molecule has 0 spiro atoms.